The third kappa shape index (κ3) is 8.31. The number of rotatable bonds is 4. The summed E-state index contributed by atoms with van der Waals surface area (Å²) in [6.45, 7) is 3.36. The summed E-state index contributed by atoms with van der Waals surface area (Å²) in [6, 6.07) is 0. The second kappa shape index (κ2) is 8.05. The van der Waals surface area contributed by atoms with Crippen molar-refractivity contribution < 1.29 is 14.4 Å². The van der Waals surface area contributed by atoms with Crippen molar-refractivity contribution in [3.05, 3.63) is 0 Å². The topological polar surface area (TPSA) is 51.2 Å². The average molecular weight is 234 g/mol. The Bertz CT molecular complexity index is 226. The van der Waals surface area contributed by atoms with Gasteiger partial charge in [0.2, 0.25) is 0 Å². The molecule has 5 heteroatoms. The van der Waals surface area contributed by atoms with Crippen LogP contribution in [0.3, 0.4) is 0 Å². The minimum absolute atomic E-state index is 0.141. The third-order valence-corrected chi connectivity index (χ3v) is 2.96. The lowest BCUT2D eigenvalue weighted by molar-refractivity contribution is -0.111. The molecule has 80 valence electrons. The lowest BCUT2D eigenvalue weighted by Crippen LogP contribution is -1.96. The highest BCUT2D eigenvalue weighted by atomic mass is 32.2. The molecule has 0 saturated carbocycles. The van der Waals surface area contributed by atoms with Gasteiger partial charge in [0.15, 0.2) is 10.2 Å². The van der Waals surface area contributed by atoms with Crippen molar-refractivity contribution in [1.82, 2.24) is 0 Å². The summed E-state index contributed by atoms with van der Waals surface area (Å²) in [6.07, 6.45) is 3.29. The van der Waals surface area contributed by atoms with Gasteiger partial charge in [-0.05, 0) is 29.9 Å². The van der Waals surface area contributed by atoms with Gasteiger partial charge in [0.25, 0.3) is 4.45 Å². The smallest absolute Gasteiger partial charge is 0.261 e. The van der Waals surface area contributed by atoms with E-state index in [2.05, 4.69) is 0 Å². The van der Waals surface area contributed by atoms with Crippen LogP contribution < -0.4 is 0 Å². The Balaban J connectivity index is 3.61. The van der Waals surface area contributed by atoms with Gasteiger partial charge in [0.05, 0.1) is 0 Å². The van der Waals surface area contributed by atoms with Gasteiger partial charge in [-0.3, -0.25) is 14.4 Å². The molecule has 3 nitrogen and oxygen atoms in total. The van der Waals surface area contributed by atoms with Gasteiger partial charge in [0.1, 0.15) is 0 Å². The van der Waals surface area contributed by atoms with Crippen LogP contribution in [0.2, 0.25) is 0 Å². The Morgan fingerprint density at radius 2 is 1.71 bits per heavy atom. The maximum atomic E-state index is 11.1. The van der Waals surface area contributed by atoms with Crippen molar-refractivity contribution >= 4 is 38.2 Å². The number of carbonyl (C=O) groups excluding carboxylic acids is 3. The average Bonchev–Trinajstić information content (AvgIpc) is 2.02. The SMILES string of the molecule is CCCCCC(=O)SC(=O)SC(C)=O. The Labute approximate surface area is 92.4 Å². The van der Waals surface area contributed by atoms with E-state index in [0.29, 0.717) is 29.9 Å². The quantitative estimate of drug-likeness (QED) is 0.699. The molecule has 0 aromatic heterocycles. The van der Waals surface area contributed by atoms with E-state index >= 15 is 0 Å². The van der Waals surface area contributed by atoms with Crippen LogP contribution in [0.25, 0.3) is 0 Å². The molecule has 0 aliphatic rings. The number of carbonyl (C=O) groups is 3. The molecule has 0 aliphatic carbocycles. The first-order valence-corrected chi connectivity index (χ1v) is 6.12. The van der Waals surface area contributed by atoms with Crippen LogP contribution in [0.4, 0.5) is 4.79 Å². The molecule has 0 spiro atoms. The molecule has 0 unspecified atom stereocenters. The van der Waals surface area contributed by atoms with Gasteiger partial charge in [-0.15, -0.1) is 0 Å². The van der Waals surface area contributed by atoms with E-state index in [-0.39, 0.29) is 10.2 Å². The van der Waals surface area contributed by atoms with Crippen LogP contribution in [0.1, 0.15) is 39.5 Å². The Kier molecular flexibility index (Phi) is 7.89. The third-order valence-electron chi connectivity index (χ3n) is 1.41. The molecule has 0 N–H and O–H groups in total. The molecule has 0 saturated heterocycles. The highest BCUT2D eigenvalue weighted by molar-refractivity contribution is 8.49. The molecule has 0 rings (SSSR count). The molecule has 0 bridgehead atoms. The van der Waals surface area contributed by atoms with Crippen LogP contribution in [0.5, 0.6) is 0 Å². The second-order valence-corrected chi connectivity index (χ2v) is 5.21. The fraction of sp³-hybridized carbons (Fsp3) is 0.667. The Morgan fingerprint density at radius 1 is 1.07 bits per heavy atom. The summed E-state index contributed by atoms with van der Waals surface area (Å²) in [5.74, 6) is 0. The highest BCUT2D eigenvalue weighted by Gasteiger charge is 2.12. The fourth-order valence-electron chi connectivity index (χ4n) is 0.802. The van der Waals surface area contributed by atoms with Crippen LogP contribution in [0.15, 0.2) is 0 Å². The molecule has 0 aliphatic heterocycles. The van der Waals surface area contributed by atoms with Crippen molar-refractivity contribution in [3.8, 4) is 0 Å². The summed E-state index contributed by atoms with van der Waals surface area (Å²) in [5.41, 5.74) is 0. The summed E-state index contributed by atoms with van der Waals surface area (Å²) >= 11 is 1.23. The van der Waals surface area contributed by atoms with Gasteiger partial charge in [-0.2, -0.15) is 0 Å². The monoisotopic (exact) mass is 234 g/mol. The van der Waals surface area contributed by atoms with Crippen molar-refractivity contribution in [1.29, 1.82) is 0 Å². The number of hydrogen-bond donors (Lipinski definition) is 0. The van der Waals surface area contributed by atoms with E-state index in [9.17, 15) is 14.4 Å². The number of thioether (sulfide) groups is 2. The first-order valence-electron chi connectivity index (χ1n) is 4.49. The van der Waals surface area contributed by atoms with E-state index in [1.54, 1.807) is 0 Å². The maximum Gasteiger partial charge on any atom is 0.261 e. The second-order valence-electron chi connectivity index (χ2n) is 2.77. The molecule has 0 aromatic rings. The largest absolute Gasteiger partial charge is 0.287 e. The summed E-state index contributed by atoms with van der Waals surface area (Å²) in [4.78, 5) is 32.6. The molecular weight excluding hydrogens is 220 g/mol. The van der Waals surface area contributed by atoms with Gasteiger partial charge in [-0.25, -0.2) is 0 Å². The summed E-state index contributed by atoms with van der Waals surface area (Å²) < 4.78 is -0.418. The zero-order chi connectivity index (χ0) is 11.0. The normalized spacial score (nSPS) is 9.86. The summed E-state index contributed by atoms with van der Waals surface area (Å²) in [7, 11) is 0. The van der Waals surface area contributed by atoms with E-state index in [0.717, 1.165) is 19.3 Å². The van der Waals surface area contributed by atoms with E-state index < -0.39 is 4.45 Å². The zero-order valence-electron chi connectivity index (χ0n) is 8.37. The van der Waals surface area contributed by atoms with Gasteiger partial charge in [0, 0.05) is 13.3 Å². The minimum Gasteiger partial charge on any atom is -0.287 e. The van der Waals surface area contributed by atoms with Crippen LogP contribution in [-0.2, 0) is 9.59 Å². The Morgan fingerprint density at radius 3 is 2.21 bits per heavy atom. The van der Waals surface area contributed by atoms with E-state index in [4.69, 9.17) is 0 Å². The maximum absolute atomic E-state index is 11.1. The van der Waals surface area contributed by atoms with Crippen LogP contribution in [0, 0.1) is 0 Å². The first kappa shape index (κ1) is 13.7. The summed E-state index contributed by atoms with van der Waals surface area (Å²) in [5, 5.41) is -0.416. The Hall–Kier alpha value is -0.290. The first-order chi connectivity index (χ1) is 6.56. The minimum atomic E-state index is -0.418. The molecule has 0 aromatic carbocycles. The molecular formula is C9H14O3S2. The van der Waals surface area contributed by atoms with Gasteiger partial charge < -0.3 is 0 Å². The van der Waals surface area contributed by atoms with Crippen LogP contribution >= 0.6 is 23.5 Å². The lowest BCUT2D eigenvalue weighted by Gasteiger charge is -1.97. The highest BCUT2D eigenvalue weighted by Crippen LogP contribution is 2.20. The molecule has 0 amide bonds. The standard InChI is InChI=1S/C9H14O3S2/c1-3-4-5-6-8(11)14-9(12)13-7(2)10/h3-6H2,1-2H3. The van der Waals surface area contributed by atoms with Gasteiger partial charge in [-0.1, -0.05) is 19.8 Å². The zero-order valence-corrected chi connectivity index (χ0v) is 10.0. The molecule has 0 atom stereocenters. The lowest BCUT2D eigenvalue weighted by atomic mass is 10.2. The van der Waals surface area contributed by atoms with Crippen molar-refractivity contribution in [2.75, 3.05) is 0 Å². The van der Waals surface area contributed by atoms with Crippen molar-refractivity contribution in [2.45, 2.75) is 39.5 Å². The van der Waals surface area contributed by atoms with E-state index in [1.165, 1.54) is 6.92 Å². The van der Waals surface area contributed by atoms with E-state index in [1.807, 2.05) is 6.92 Å². The van der Waals surface area contributed by atoms with Crippen molar-refractivity contribution in [3.63, 3.8) is 0 Å². The number of unbranched alkanes of at least 4 members (excludes halogenated alkanes) is 2. The molecule has 0 heterocycles. The predicted molar refractivity (Wildman–Crippen MR) is 60.4 cm³/mol. The van der Waals surface area contributed by atoms with Gasteiger partial charge >= 0.3 is 0 Å². The molecule has 0 radical (unpaired) electrons. The molecule has 0 fully saturated rings. The molecule has 14 heavy (non-hydrogen) atoms. The number of hydrogen-bond acceptors (Lipinski definition) is 5. The fourth-order valence-corrected chi connectivity index (χ4v) is 2.27. The van der Waals surface area contributed by atoms with Crippen molar-refractivity contribution in [2.24, 2.45) is 0 Å². The predicted octanol–water partition coefficient (Wildman–Crippen LogP) is 3.23. The van der Waals surface area contributed by atoms with Crippen LogP contribution in [-0.4, -0.2) is 14.7 Å².